The molecule has 0 bridgehead atoms. The molecule has 0 aliphatic heterocycles. The van der Waals surface area contributed by atoms with Gasteiger partial charge in [0.2, 0.25) is 5.91 Å². The average Bonchev–Trinajstić information content (AvgIpc) is 2.28. The van der Waals surface area contributed by atoms with Gasteiger partial charge >= 0.3 is 0 Å². The van der Waals surface area contributed by atoms with Crippen LogP contribution in [0.2, 0.25) is 0 Å². The van der Waals surface area contributed by atoms with Crippen molar-refractivity contribution in [1.29, 1.82) is 0 Å². The lowest BCUT2D eigenvalue weighted by atomic mass is 10.0. The second-order valence-corrected chi connectivity index (χ2v) is 3.63. The van der Waals surface area contributed by atoms with E-state index in [1.54, 1.807) is 18.2 Å². The van der Waals surface area contributed by atoms with Gasteiger partial charge in [0, 0.05) is 25.5 Å². The second-order valence-electron chi connectivity index (χ2n) is 3.63. The molecule has 0 heterocycles. The highest BCUT2D eigenvalue weighted by Gasteiger charge is 2.16. The average molecular weight is 239 g/mol. The molecule has 0 aromatic heterocycles. The zero-order valence-electron chi connectivity index (χ0n) is 9.93. The number of hydrogen-bond acceptors (Lipinski definition) is 4. The molecule has 0 aliphatic carbocycles. The molecule has 0 spiro atoms. The number of anilines is 1. The lowest BCUT2D eigenvalue weighted by Crippen LogP contribution is -2.12. The quantitative estimate of drug-likeness (QED) is 0.718. The zero-order valence-corrected chi connectivity index (χ0v) is 9.93. The molecule has 1 unspecified atom stereocenters. The maximum absolute atomic E-state index is 11.1. The Morgan fingerprint density at radius 1 is 1.53 bits per heavy atom. The number of carbonyl (C=O) groups excluding carboxylic acids is 1. The molecule has 1 atom stereocenters. The van der Waals surface area contributed by atoms with E-state index in [4.69, 9.17) is 9.84 Å². The van der Waals surface area contributed by atoms with Gasteiger partial charge in [-0.2, -0.15) is 0 Å². The predicted molar refractivity (Wildman–Crippen MR) is 64.0 cm³/mol. The van der Waals surface area contributed by atoms with Crippen molar-refractivity contribution < 1.29 is 19.7 Å². The number of ether oxygens (including phenoxy) is 1. The van der Waals surface area contributed by atoms with Crippen molar-refractivity contribution in [1.82, 2.24) is 0 Å². The lowest BCUT2D eigenvalue weighted by molar-refractivity contribution is -0.114. The fourth-order valence-electron chi connectivity index (χ4n) is 1.58. The Balaban J connectivity index is 3.13. The predicted octanol–water partition coefficient (Wildman–Crippen LogP) is 1.07. The minimum Gasteiger partial charge on any atom is -0.495 e. The van der Waals surface area contributed by atoms with Crippen LogP contribution in [-0.2, 0) is 4.79 Å². The van der Waals surface area contributed by atoms with Gasteiger partial charge in [-0.3, -0.25) is 4.79 Å². The van der Waals surface area contributed by atoms with E-state index in [0.717, 1.165) is 0 Å². The highest BCUT2D eigenvalue weighted by atomic mass is 16.5. The number of aliphatic hydroxyl groups is 2. The molecule has 1 aromatic carbocycles. The molecule has 0 saturated heterocycles. The minimum atomic E-state index is -0.836. The third kappa shape index (κ3) is 3.44. The molecule has 5 nitrogen and oxygen atoms in total. The first-order valence-corrected chi connectivity index (χ1v) is 5.33. The standard InChI is InChI=1S/C12H17NO4/c1-8(15)13-12-9(10(16)6-7-14)4-3-5-11(12)17-2/h3-5,10,14,16H,6-7H2,1-2H3,(H,13,15). The first-order chi connectivity index (χ1) is 8.10. The highest BCUT2D eigenvalue weighted by Crippen LogP contribution is 2.33. The molecule has 1 aromatic rings. The second kappa shape index (κ2) is 6.22. The summed E-state index contributed by atoms with van der Waals surface area (Å²) in [7, 11) is 1.49. The van der Waals surface area contributed by atoms with Crippen LogP contribution in [0.3, 0.4) is 0 Å². The van der Waals surface area contributed by atoms with Crippen LogP contribution in [0.4, 0.5) is 5.69 Å². The van der Waals surface area contributed by atoms with Gasteiger partial charge in [0.25, 0.3) is 0 Å². The number of nitrogens with one attached hydrogen (secondary N) is 1. The third-order valence-electron chi connectivity index (χ3n) is 2.34. The number of hydrogen-bond donors (Lipinski definition) is 3. The third-order valence-corrected chi connectivity index (χ3v) is 2.34. The van der Waals surface area contributed by atoms with Crippen molar-refractivity contribution in [3.8, 4) is 5.75 Å². The van der Waals surface area contributed by atoms with Crippen molar-refractivity contribution in [2.75, 3.05) is 19.0 Å². The molecule has 1 amide bonds. The summed E-state index contributed by atoms with van der Waals surface area (Å²) in [5.41, 5.74) is 0.983. The molecule has 0 saturated carbocycles. The number of rotatable bonds is 5. The molecular weight excluding hydrogens is 222 g/mol. The van der Waals surface area contributed by atoms with E-state index in [1.165, 1.54) is 14.0 Å². The van der Waals surface area contributed by atoms with Gasteiger partial charge in [-0.25, -0.2) is 0 Å². The smallest absolute Gasteiger partial charge is 0.221 e. The molecule has 0 radical (unpaired) electrons. The zero-order chi connectivity index (χ0) is 12.8. The van der Waals surface area contributed by atoms with Crippen LogP contribution in [0, 0.1) is 0 Å². The normalized spacial score (nSPS) is 12.0. The van der Waals surface area contributed by atoms with Crippen molar-refractivity contribution in [3.05, 3.63) is 23.8 Å². The molecule has 17 heavy (non-hydrogen) atoms. The molecule has 1 rings (SSSR count). The molecule has 94 valence electrons. The minimum absolute atomic E-state index is 0.127. The summed E-state index contributed by atoms with van der Waals surface area (Å²) in [4.78, 5) is 11.1. The fourth-order valence-corrected chi connectivity index (χ4v) is 1.58. The van der Waals surface area contributed by atoms with E-state index in [9.17, 15) is 9.90 Å². The molecule has 3 N–H and O–H groups in total. The van der Waals surface area contributed by atoms with Gasteiger partial charge in [0.15, 0.2) is 0 Å². The molecule has 5 heteroatoms. The van der Waals surface area contributed by atoms with Crippen LogP contribution >= 0.6 is 0 Å². The summed E-state index contributed by atoms with van der Waals surface area (Å²) in [6.07, 6.45) is -0.628. The Bertz CT molecular complexity index is 392. The maximum Gasteiger partial charge on any atom is 0.221 e. The first-order valence-electron chi connectivity index (χ1n) is 5.33. The Morgan fingerprint density at radius 2 is 2.24 bits per heavy atom. The van der Waals surface area contributed by atoms with Crippen molar-refractivity contribution >= 4 is 11.6 Å². The summed E-state index contributed by atoms with van der Waals surface area (Å²) >= 11 is 0. The van der Waals surface area contributed by atoms with E-state index in [-0.39, 0.29) is 18.9 Å². The Morgan fingerprint density at radius 3 is 2.76 bits per heavy atom. The van der Waals surface area contributed by atoms with E-state index in [0.29, 0.717) is 17.0 Å². The van der Waals surface area contributed by atoms with Gasteiger partial charge in [-0.1, -0.05) is 12.1 Å². The first kappa shape index (κ1) is 13.5. The summed E-state index contributed by atoms with van der Waals surface area (Å²) in [5.74, 6) is 0.238. The Hall–Kier alpha value is -1.59. The number of methoxy groups -OCH3 is 1. The van der Waals surface area contributed by atoms with E-state index in [2.05, 4.69) is 5.32 Å². The molecular formula is C12H17NO4. The van der Waals surface area contributed by atoms with E-state index in [1.807, 2.05) is 0 Å². The summed E-state index contributed by atoms with van der Waals surface area (Å²) in [6.45, 7) is 1.26. The van der Waals surface area contributed by atoms with Crippen molar-refractivity contribution in [2.45, 2.75) is 19.4 Å². The van der Waals surface area contributed by atoms with E-state index < -0.39 is 6.10 Å². The van der Waals surface area contributed by atoms with Gasteiger partial charge in [-0.15, -0.1) is 0 Å². The SMILES string of the molecule is COc1cccc(C(O)CCO)c1NC(C)=O. The summed E-state index contributed by atoms with van der Waals surface area (Å²) in [6, 6.07) is 5.11. The van der Waals surface area contributed by atoms with Crippen LogP contribution in [0.5, 0.6) is 5.75 Å². The van der Waals surface area contributed by atoms with Gasteiger partial charge in [-0.05, 0) is 6.07 Å². The van der Waals surface area contributed by atoms with Crippen LogP contribution in [-0.4, -0.2) is 29.8 Å². The highest BCUT2D eigenvalue weighted by molar-refractivity contribution is 5.91. The number of carbonyl (C=O) groups is 1. The van der Waals surface area contributed by atoms with Crippen LogP contribution in [0.1, 0.15) is 25.0 Å². The van der Waals surface area contributed by atoms with E-state index >= 15 is 0 Å². The van der Waals surface area contributed by atoms with Gasteiger partial charge in [0.05, 0.1) is 18.9 Å². The van der Waals surface area contributed by atoms with Crippen LogP contribution in [0.25, 0.3) is 0 Å². The monoisotopic (exact) mass is 239 g/mol. The number of para-hydroxylation sites is 1. The lowest BCUT2D eigenvalue weighted by Gasteiger charge is -2.17. The fraction of sp³-hybridized carbons (Fsp3) is 0.417. The maximum atomic E-state index is 11.1. The van der Waals surface area contributed by atoms with Crippen LogP contribution in [0.15, 0.2) is 18.2 Å². The topological polar surface area (TPSA) is 78.8 Å². The van der Waals surface area contributed by atoms with Crippen molar-refractivity contribution in [2.24, 2.45) is 0 Å². The van der Waals surface area contributed by atoms with Gasteiger partial charge < -0.3 is 20.3 Å². The van der Waals surface area contributed by atoms with Crippen LogP contribution < -0.4 is 10.1 Å². The largest absolute Gasteiger partial charge is 0.495 e. The van der Waals surface area contributed by atoms with Crippen molar-refractivity contribution in [3.63, 3.8) is 0 Å². The number of amides is 1. The molecule has 0 fully saturated rings. The summed E-state index contributed by atoms with van der Waals surface area (Å²) in [5, 5.41) is 21.3. The Labute approximate surface area is 100 Å². The van der Waals surface area contributed by atoms with Gasteiger partial charge in [0.1, 0.15) is 5.75 Å². The summed E-state index contributed by atoms with van der Waals surface area (Å²) < 4.78 is 5.13. The number of aliphatic hydroxyl groups excluding tert-OH is 2. The molecule has 0 aliphatic rings. The Kier molecular flexibility index (Phi) is 4.93. The number of benzene rings is 1.